The van der Waals surface area contributed by atoms with Crippen LogP contribution in [0.1, 0.15) is 5.56 Å². The minimum Gasteiger partial charge on any atom is -0.384 e. The largest absolute Gasteiger partial charge is 0.384 e. The summed E-state index contributed by atoms with van der Waals surface area (Å²) in [7, 11) is 1.95. The summed E-state index contributed by atoms with van der Waals surface area (Å²) in [5, 5.41) is 3.17. The zero-order valence-corrected chi connectivity index (χ0v) is 11.4. The van der Waals surface area contributed by atoms with Crippen LogP contribution in [0.5, 0.6) is 0 Å². The van der Waals surface area contributed by atoms with Gasteiger partial charge in [0.2, 0.25) is 0 Å². The predicted octanol–water partition coefficient (Wildman–Crippen LogP) is 1.97. The van der Waals surface area contributed by atoms with E-state index in [-0.39, 0.29) is 0 Å². The third kappa shape index (κ3) is 2.35. The quantitative estimate of drug-likeness (QED) is 0.675. The van der Waals surface area contributed by atoms with E-state index in [1.807, 2.05) is 25.2 Å². The number of rotatable bonds is 4. The Kier molecular flexibility index (Phi) is 3.35. The number of nitrogens with two attached hydrogens (primary N) is 1. The van der Waals surface area contributed by atoms with Gasteiger partial charge in [0.1, 0.15) is 11.6 Å². The monoisotopic (exact) mass is 267 g/mol. The van der Waals surface area contributed by atoms with Crippen molar-refractivity contribution in [1.29, 1.82) is 0 Å². The van der Waals surface area contributed by atoms with Crippen molar-refractivity contribution in [2.75, 3.05) is 19.3 Å². The zero-order chi connectivity index (χ0) is 13.9. The summed E-state index contributed by atoms with van der Waals surface area (Å²) in [4.78, 5) is 12.1. The number of anilines is 1. The number of aromatic amines is 1. The zero-order valence-electron chi connectivity index (χ0n) is 11.4. The number of H-pyrrole nitrogens is 1. The van der Waals surface area contributed by atoms with Gasteiger partial charge in [-0.1, -0.05) is 24.3 Å². The fourth-order valence-corrected chi connectivity index (χ4v) is 2.26. The molecule has 3 aromatic rings. The van der Waals surface area contributed by atoms with Crippen LogP contribution in [0.15, 0.2) is 36.4 Å². The lowest BCUT2D eigenvalue weighted by atomic mass is 10.0. The Hall–Kier alpha value is -2.40. The molecule has 4 N–H and O–H groups in total. The van der Waals surface area contributed by atoms with Gasteiger partial charge in [-0.3, -0.25) is 0 Å². The van der Waals surface area contributed by atoms with Gasteiger partial charge in [-0.25, -0.2) is 9.97 Å². The number of nitrogen functional groups attached to an aromatic ring is 1. The molecule has 0 aliphatic heterocycles. The molecule has 0 fully saturated rings. The minimum atomic E-state index is 0.485. The molecule has 20 heavy (non-hydrogen) atoms. The first-order valence-electron chi connectivity index (χ1n) is 6.63. The molecule has 0 saturated heterocycles. The first-order chi connectivity index (χ1) is 9.78. The molecule has 0 spiro atoms. The number of hydrogen-bond donors (Lipinski definition) is 3. The van der Waals surface area contributed by atoms with E-state index in [9.17, 15) is 0 Å². The lowest BCUT2D eigenvalue weighted by molar-refractivity contribution is 0.792. The molecule has 0 atom stereocenters. The Bertz CT molecular complexity index is 732. The molecule has 0 radical (unpaired) electrons. The molecule has 0 saturated carbocycles. The van der Waals surface area contributed by atoms with Gasteiger partial charge in [0, 0.05) is 5.56 Å². The highest BCUT2D eigenvalue weighted by Gasteiger charge is 2.10. The highest BCUT2D eigenvalue weighted by molar-refractivity contribution is 5.78. The predicted molar refractivity (Wildman–Crippen MR) is 81.4 cm³/mol. The van der Waals surface area contributed by atoms with Crippen molar-refractivity contribution >= 4 is 17.0 Å². The lowest BCUT2D eigenvalue weighted by Gasteiger charge is -2.06. The summed E-state index contributed by atoms with van der Waals surface area (Å²) in [6, 6.07) is 12.0. The molecule has 0 aliphatic carbocycles. The number of nitrogens with one attached hydrogen (secondary N) is 2. The average Bonchev–Trinajstić information content (AvgIpc) is 2.88. The van der Waals surface area contributed by atoms with Crippen molar-refractivity contribution in [1.82, 2.24) is 20.3 Å². The van der Waals surface area contributed by atoms with Gasteiger partial charge in [0.25, 0.3) is 0 Å². The van der Waals surface area contributed by atoms with Gasteiger partial charge >= 0.3 is 0 Å². The number of pyridine rings is 1. The topological polar surface area (TPSA) is 79.6 Å². The van der Waals surface area contributed by atoms with Crippen LogP contribution in [0, 0.1) is 0 Å². The summed E-state index contributed by atoms with van der Waals surface area (Å²) < 4.78 is 0. The molecule has 0 aliphatic rings. The SMILES string of the molecule is CNCCc1ccccc1-c1nc2nc(N)ccc2[nH]1. The van der Waals surface area contributed by atoms with Crippen molar-refractivity contribution in [3.8, 4) is 11.4 Å². The van der Waals surface area contributed by atoms with Gasteiger partial charge < -0.3 is 16.0 Å². The Morgan fingerprint density at radius 3 is 2.85 bits per heavy atom. The average molecular weight is 267 g/mol. The molecular formula is C15H17N5. The molecule has 5 heteroatoms. The van der Waals surface area contributed by atoms with Crippen molar-refractivity contribution in [2.45, 2.75) is 6.42 Å². The molecule has 2 aromatic heterocycles. The molecule has 0 amide bonds. The fraction of sp³-hybridized carbons (Fsp3) is 0.200. The van der Waals surface area contributed by atoms with Gasteiger partial charge in [0.05, 0.1) is 5.52 Å². The van der Waals surface area contributed by atoms with Crippen LogP contribution in [0.3, 0.4) is 0 Å². The Morgan fingerprint density at radius 1 is 1.15 bits per heavy atom. The van der Waals surface area contributed by atoms with Crippen LogP contribution in [0.2, 0.25) is 0 Å². The summed E-state index contributed by atoms with van der Waals surface area (Å²) in [6.45, 7) is 0.933. The van der Waals surface area contributed by atoms with E-state index in [1.54, 1.807) is 6.07 Å². The number of nitrogens with zero attached hydrogens (tertiary/aromatic N) is 2. The normalized spacial score (nSPS) is 11.1. The minimum absolute atomic E-state index is 0.485. The number of aromatic nitrogens is 3. The van der Waals surface area contributed by atoms with E-state index < -0.39 is 0 Å². The second kappa shape index (κ2) is 5.30. The molecule has 2 heterocycles. The Labute approximate surface area is 117 Å². The summed E-state index contributed by atoms with van der Waals surface area (Å²) in [5.41, 5.74) is 9.62. The Morgan fingerprint density at radius 2 is 2.00 bits per heavy atom. The summed E-state index contributed by atoms with van der Waals surface area (Å²) in [6.07, 6.45) is 0.958. The van der Waals surface area contributed by atoms with Crippen molar-refractivity contribution in [3.05, 3.63) is 42.0 Å². The third-order valence-electron chi connectivity index (χ3n) is 3.28. The van der Waals surface area contributed by atoms with Gasteiger partial charge in [-0.15, -0.1) is 0 Å². The highest BCUT2D eigenvalue weighted by atomic mass is 15.0. The van der Waals surface area contributed by atoms with E-state index in [0.717, 1.165) is 29.9 Å². The molecule has 0 unspecified atom stereocenters. The number of hydrogen-bond acceptors (Lipinski definition) is 4. The van der Waals surface area contributed by atoms with Crippen molar-refractivity contribution in [2.24, 2.45) is 0 Å². The van der Waals surface area contributed by atoms with Crippen molar-refractivity contribution < 1.29 is 0 Å². The summed E-state index contributed by atoms with van der Waals surface area (Å²) >= 11 is 0. The van der Waals surface area contributed by atoms with E-state index in [4.69, 9.17) is 5.73 Å². The smallest absolute Gasteiger partial charge is 0.180 e. The van der Waals surface area contributed by atoms with Crippen molar-refractivity contribution in [3.63, 3.8) is 0 Å². The number of likely N-dealkylation sites (N-methyl/N-ethyl adjacent to an activating group) is 1. The standard InChI is InChI=1S/C15H17N5/c1-17-9-8-10-4-2-3-5-11(10)14-18-12-6-7-13(16)19-15(12)20-14/h2-7,17H,8-9H2,1H3,(H3,16,18,19,20). The van der Waals surface area contributed by atoms with Crippen LogP contribution in [-0.4, -0.2) is 28.5 Å². The first kappa shape index (κ1) is 12.6. The second-order valence-electron chi connectivity index (χ2n) is 4.70. The fourth-order valence-electron chi connectivity index (χ4n) is 2.26. The first-order valence-corrected chi connectivity index (χ1v) is 6.63. The second-order valence-corrected chi connectivity index (χ2v) is 4.70. The van der Waals surface area contributed by atoms with E-state index in [1.165, 1.54) is 5.56 Å². The molecule has 0 bridgehead atoms. The van der Waals surface area contributed by atoms with Crippen LogP contribution < -0.4 is 11.1 Å². The van der Waals surface area contributed by atoms with E-state index >= 15 is 0 Å². The van der Waals surface area contributed by atoms with Crippen LogP contribution in [0.4, 0.5) is 5.82 Å². The lowest BCUT2D eigenvalue weighted by Crippen LogP contribution is -2.10. The van der Waals surface area contributed by atoms with Gasteiger partial charge in [0.15, 0.2) is 5.65 Å². The molecule has 3 rings (SSSR count). The molecule has 102 valence electrons. The number of fused-ring (bicyclic) bond motifs is 1. The maximum Gasteiger partial charge on any atom is 0.180 e. The summed E-state index contributed by atoms with van der Waals surface area (Å²) in [5.74, 6) is 1.32. The maximum absolute atomic E-state index is 5.69. The molecule has 5 nitrogen and oxygen atoms in total. The third-order valence-corrected chi connectivity index (χ3v) is 3.28. The highest BCUT2D eigenvalue weighted by Crippen LogP contribution is 2.23. The van der Waals surface area contributed by atoms with Gasteiger partial charge in [-0.05, 0) is 37.7 Å². The van der Waals surface area contributed by atoms with E-state index in [0.29, 0.717) is 11.5 Å². The maximum atomic E-state index is 5.69. The van der Waals surface area contributed by atoms with E-state index in [2.05, 4.69) is 32.4 Å². The van der Waals surface area contributed by atoms with Crippen LogP contribution in [0.25, 0.3) is 22.6 Å². The van der Waals surface area contributed by atoms with Crippen LogP contribution >= 0.6 is 0 Å². The molecular weight excluding hydrogens is 250 g/mol. The number of imidazole rings is 1. The Balaban J connectivity index is 2.06. The number of benzene rings is 1. The molecule has 1 aromatic carbocycles. The van der Waals surface area contributed by atoms with Gasteiger partial charge in [-0.2, -0.15) is 0 Å². The van der Waals surface area contributed by atoms with Crippen LogP contribution in [-0.2, 0) is 6.42 Å².